The lowest BCUT2D eigenvalue weighted by atomic mass is 10.2. The number of hydrogen-bond donors (Lipinski definition) is 0. The molecule has 2 aromatic heterocycles. The maximum absolute atomic E-state index is 12.2. The van der Waals surface area contributed by atoms with Gasteiger partial charge in [0.15, 0.2) is 6.61 Å². The molecule has 0 aliphatic carbocycles. The number of carbonyl (C=O) groups excluding carboxylic acids is 1. The molecule has 3 aromatic rings. The van der Waals surface area contributed by atoms with E-state index in [0.29, 0.717) is 32.0 Å². The van der Waals surface area contributed by atoms with Gasteiger partial charge in [-0.3, -0.25) is 9.48 Å². The summed E-state index contributed by atoms with van der Waals surface area (Å²) in [6.07, 6.45) is 3.79. The van der Waals surface area contributed by atoms with Crippen LogP contribution in [0.5, 0.6) is 5.75 Å². The van der Waals surface area contributed by atoms with Crippen LogP contribution in [0.25, 0.3) is 11.3 Å². The average Bonchev–Trinajstić information content (AvgIpc) is 3.12. The number of methoxy groups -OCH3 is 1. The molecular weight excluding hydrogens is 356 g/mol. The van der Waals surface area contributed by atoms with Gasteiger partial charge in [-0.15, -0.1) is 0 Å². The lowest BCUT2D eigenvalue weighted by Crippen LogP contribution is -2.35. The first-order valence-corrected chi connectivity index (χ1v) is 9.19. The molecule has 144 valence electrons. The lowest BCUT2D eigenvalue weighted by Gasteiger charge is -2.18. The summed E-state index contributed by atoms with van der Waals surface area (Å²) in [6.45, 7) is 2.12. The van der Waals surface area contributed by atoms with Crippen LogP contribution in [0, 0.1) is 0 Å². The average molecular weight is 378 g/mol. The number of ether oxygens (including phenoxy) is 2. The first-order chi connectivity index (χ1) is 13.7. The summed E-state index contributed by atoms with van der Waals surface area (Å²) in [5.41, 5.74) is 3.67. The van der Waals surface area contributed by atoms with E-state index < -0.39 is 0 Å². The summed E-state index contributed by atoms with van der Waals surface area (Å²) in [6, 6.07) is 14.0. The van der Waals surface area contributed by atoms with Crippen molar-refractivity contribution in [2.24, 2.45) is 0 Å². The molecule has 0 saturated carbocycles. The molecule has 1 aliphatic heterocycles. The highest BCUT2D eigenvalue weighted by Gasteiger charge is 2.23. The fourth-order valence-electron chi connectivity index (χ4n) is 3.15. The molecule has 3 heterocycles. The van der Waals surface area contributed by atoms with Crippen LogP contribution in [0.4, 0.5) is 0 Å². The molecule has 4 rings (SSSR count). The van der Waals surface area contributed by atoms with Crippen LogP contribution in [0.2, 0.25) is 0 Å². The molecule has 0 bridgehead atoms. The lowest BCUT2D eigenvalue weighted by molar-refractivity contribution is -0.133. The zero-order valence-corrected chi connectivity index (χ0v) is 15.7. The second-order valence-corrected chi connectivity index (χ2v) is 6.65. The first-order valence-electron chi connectivity index (χ1n) is 9.19. The van der Waals surface area contributed by atoms with Crippen LogP contribution in [0.3, 0.4) is 0 Å². The Morgan fingerprint density at radius 3 is 2.86 bits per heavy atom. The smallest absolute Gasteiger partial charge is 0.260 e. The molecule has 0 saturated heterocycles. The Bertz CT molecular complexity index is 955. The quantitative estimate of drug-likeness (QED) is 0.659. The standard InChI is InChI=1S/C21H22N4O3/c1-27-10-9-24-14-19-20(28-15-21(24)26)8-7-18(23-19)17-11-22-25(13-17)12-16-5-3-2-4-6-16/h2-8,11,13H,9-10,12,14-15H2,1H3. The van der Waals surface area contributed by atoms with Gasteiger partial charge >= 0.3 is 0 Å². The molecule has 1 aliphatic rings. The fourth-order valence-corrected chi connectivity index (χ4v) is 3.15. The molecule has 1 aromatic carbocycles. The van der Waals surface area contributed by atoms with Gasteiger partial charge in [-0.2, -0.15) is 5.10 Å². The van der Waals surface area contributed by atoms with Crippen LogP contribution in [-0.4, -0.2) is 52.4 Å². The van der Waals surface area contributed by atoms with Crippen molar-refractivity contribution >= 4 is 5.91 Å². The van der Waals surface area contributed by atoms with E-state index in [1.807, 2.05) is 47.4 Å². The Kier molecular flexibility index (Phi) is 5.34. The van der Waals surface area contributed by atoms with Crippen molar-refractivity contribution in [1.29, 1.82) is 0 Å². The highest BCUT2D eigenvalue weighted by molar-refractivity contribution is 5.78. The predicted molar refractivity (Wildman–Crippen MR) is 104 cm³/mol. The Labute approximate surface area is 163 Å². The van der Waals surface area contributed by atoms with E-state index in [2.05, 4.69) is 17.2 Å². The van der Waals surface area contributed by atoms with Crippen molar-refractivity contribution in [2.75, 3.05) is 26.9 Å². The van der Waals surface area contributed by atoms with E-state index >= 15 is 0 Å². The molecule has 0 N–H and O–H groups in total. The van der Waals surface area contributed by atoms with Gasteiger partial charge < -0.3 is 14.4 Å². The highest BCUT2D eigenvalue weighted by Crippen LogP contribution is 2.26. The van der Waals surface area contributed by atoms with E-state index in [0.717, 1.165) is 17.0 Å². The predicted octanol–water partition coefficient (Wildman–Crippen LogP) is 2.36. The highest BCUT2D eigenvalue weighted by atomic mass is 16.5. The Balaban J connectivity index is 1.55. The number of carbonyl (C=O) groups is 1. The van der Waals surface area contributed by atoms with Gasteiger partial charge in [0.2, 0.25) is 0 Å². The van der Waals surface area contributed by atoms with Gasteiger partial charge in [0.25, 0.3) is 5.91 Å². The van der Waals surface area contributed by atoms with Gasteiger partial charge in [-0.25, -0.2) is 4.98 Å². The van der Waals surface area contributed by atoms with E-state index in [-0.39, 0.29) is 12.5 Å². The number of pyridine rings is 1. The Morgan fingerprint density at radius 1 is 1.18 bits per heavy atom. The van der Waals surface area contributed by atoms with Crippen LogP contribution < -0.4 is 4.74 Å². The molecule has 7 nitrogen and oxygen atoms in total. The summed E-state index contributed by atoms with van der Waals surface area (Å²) in [7, 11) is 1.62. The number of hydrogen-bond acceptors (Lipinski definition) is 5. The third-order valence-corrected chi connectivity index (χ3v) is 4.66. The third kappa shape index (κ3) is 4.04. The van der Waals surface area contributed by atoms with E-state index in [1.54, 1.807) is 12.0 Å². The van der Waals surface area contributed by atoms with Gasteiger partial charge in [0, 0.05) is 25.4 Å². The molecule has 0 radical (unpaired) electrons. The number of amides is 1. The maximum atomic E-state index is 12.2. The Morgan fingerprint density at radius 2 is 2.04 bits per heavy atom. The number of aromatic nitrogens is 3. The van der Waals surface area contributed by atoms with Crippen molar-refractivity contribution in [2.45, 2.75) is 13.1 Å². The first kappa shape index (κ1) is 18.2. The zero-order valence-electron chi connectivity index (χ0n) is 15.7. The molecule has 0 unspecified atom stereocenters. The second-order valence-electron chi connectivity index (χ2n) is 6.65. The molecule has 28 heavy (non-hydrogen) atoms. The van der Waals surface area contributed by atoms with E-state index in [4.69, 9.17) is 14.5 Å². The summed E-state index contributed by atoms with van der Waals surface area (Å²) < 4.78 is 12.6. The van der Waals surface area contributed by atoms with Crippen molar-refractivity contribution in [3.05, 3.63) is 66.1 Å². The molecule has 0 fully saturated rings. The fraction of sp³-hybridized carbons (Fsp3) is 0.286. The topological polar surface area (TPSA) is 69.5 Å². The Hall–Kier alpha value is -3.19. The van der Waals surface area contributed by atoms with Gasteiger partial charge in [-0.1, -0.05) is 30.3 Å². The molecule has 0 atom stereocenters. The molecule has 0 spiro atoms. The van der Waals surface area contributed by atoms with Crippen LogP contribution in [0.15, 0.2) is 54.9 Å². The minimum Gasteiger partial charge on any atom is -0.482 e. The SMILES string of the molecule is COCCN1Cc2nc(-c3cnn(Cc4ccccc4)c3)ccc2OCC1=O. The second kappa shape index (κ2) is 8.22. The van der Waals surface area contributed by atoms with Crippen molar-refractivity contribution in [3.63, 3.8) is 0 Å². The normalized spacial score (nSPS) is 13.8. The number of nitrogens with zero attached hydrogens (tertiary/aromatic N) is 4. The number of benzene rings is 1. The van der Waals surface area contributed by atoms with Crippen LogP contribution in [-0.2, 0) is 22.6 Å². The number of rotatable bonds is 6. The van der Waals surface area contributed by atoms with Crippen molar-refractivity contribution in [3.8, 4) is 17.0 Å². The minimum atomic E-state index is -0.0627. The van der Waals surface area contributed by atoms with Gasteiger partial charge in [0.05, 0.1) is 31.6 Å². The van der Waals surface area contributed by atoms with Crippen LogP contribution in [0.1, 0.15) is 11.3 Å². The van der Waals surface area contributed by atoms with Crippen molar-refractivity contribution < 1.29 is 14.3 Å². The van der Waals surface area contributed by atoms with Crippen molar-refractivity contribution in [1.82, 2.24) is 19.7 Å². The summed E-state index contributed by atoms with van der Waals surface area (Å²) in [4.78, 5) is 18.7. The third-order valence-electron chi connectivity index (χ3n) is 4.66. The van der Waals surface area contributed by atoms with Gasteiger partial charge in [-0.05, 0) is 17.7 Å². The van der Waals surface area contributed by atoms with E-state index in [1.165, 1.54) is 5.56 Å². The minimum absolute atomic E-state index is 0.0206. The van der Waals surface area contributed by atoms with Gasteiger partial charge in [0.1, 0.15) is 11.4 Å². The molecular formula is C21H22N4O3. The molecule has 1 amide bonds. The largest absolute Gasteiger partial charge is 0.482 e. The summed E-state index contributed by atoms with van der Waals surface area (Å²) in [5.74, 6) is 0.584. The zero-order chi connectivity index (χ0) is 19.3. The molecule has 7 heteroatoms. The maximum Gasteiger partial charge on any atom is 0.260 e. The summed E-state index contributed by atoms with van der Waals surface area (Å²) in [5, 5.41) is 4.45. The summed E-state index contributed by atoms with van der Waals surface area (Å²) >= 11 is 0. The van der Waals surface area contributed by atoms with E-state index in [9.17, 15) is 4.79 Å². The van der Waals surface area contributed by atoms with Crippen LogP contribution >= 0.6 is 0 Å². The monoisotopic (exact) mass is 378 g/mol. The number of fused-ring (bicyclic) bond motifs is 1.